The molecule has 0 aliphatic rings. The zero-order valence-electron chi connectivity index (χ0n) is 55.8. The van der Waals surface area contributed by atoms with Crippen molar-refractivity contribution in [1.29, 1.82) is 0 Å². The van der Waals surface area contributed by atoms with Gasteiger partial charge in [0.25, 0.3) is 36.0 Å². The summed E-state index contributed by atoms with van der Waals surface area (Å²) in [7, 11) is 1.06. The third-order valence-electron chi connectivity index (χ3n) is 14.9. The number of sulfonamides is 3. The predicted octanol–water partition coefficient (Wildman–Crippen LogP) is 11.4. The van der Waals surface area contributed by atoms with Crippen molar-refractivity contribution in [2.75, 3.05) is 110 Å². The Bertz CT molecular complexity index is 5700. The van der Waals surface area contributed by atoms with Crippen molar-refractivity contribution in [3.8, 4) is 45.0 Å². The number of hydrogen-bond acceptors (Lipinski definition) is 26. The van der Waals surface area contributed by atoms with Crippen LogP contribution in [0.15, 0.2) is 153 Å². The van der Waals surface area contributed by atoms with Gasteiger partial charge in [-0.05, 0) is 82.7 Å². The first-order chi connectivity index (χ1) is 49.7. The van der Waals surface area contributed by atoms with Gasteiger partial charge in [-0.1, -0.05) is 59.6 Å². The van der Waals surface area contributed by atoms with Gasteiger partial charge in [-0.15, -0.1) is 0 Å². The number of anilines is 9. The summed E-state index contributed by atoms with van der Waals surface area (Å²) in [6.45, 7) is 0. The maximum absolute atomic E-state index is 15.7. The lowest BCUT2D eigenvalue weighted by Crippen LogP contribution is -2.20. The monoisotopic (exact) mass is 1580 g/mol. The van der Waals surface area contributed by atoms with Crippen molar-refractivity contribution in [3.63, 3.8) is 0 Å². The Labute approximate surface area is 610 Å². The highest BCUT2D eigenvalue weighted by Crippen LogP contribution is 2.40. The molecule has 4 aromatic carbocycles. The fourth-order valence-corrected chi connectivity index (χ4v) is 14.9. The number of carbonyl (C=O) groups is 1. The minimum absolute atomic E-state index is 0.0397. The third-order valence-corrected chi connectivity index (χ3v) is 20.2. The Morgan fingerprint density at radius 3 is 1.25 bits per heavy atom. The highest BCUT2D eigenvalue weighted by Gasteiger charge is 2.29. The van der Waals surface area contributed by atoms with Crippen LogP contribution in [0.25, 0.3) is 66.5 Å². The molecule has 0 aliphatic heterocycles. The molecule has 30 nitrogen and oxygen atoms in total. The van der Waals surface area contributed by atoms with E-state index in [0.717, 1.165) is 6.07 Å². The van der Waals surface area contributed by atoms with Crippen LogP contribution in [-0.4, -0.2) is 150 Å². The van der Waals surface area contributed by atoms with Gasteiger partial charge in [-0.3, -0.25) is 19.0 Å². The van der Waals surface area contributed by atoms with Crippen molar-refractivity contribution in [2.45, 2.75) is 14.8 Å². The van der Waals surface area contributed by atoms with Crippen molar-refractivity contribution >= 4 is 161 Å². The van der Waals surface area contributed by atoms with E-state index in [4.69, 9.17) is 32.7 Å². The molecule has 0 saturated carbocycles. The van der Waals surface area contributed by atoms with Crippen LogP contribution in [0.3, 0.4) is 0 Å². The standard InChI is InChI=1S/C23H20Cl2FN7O3S.C21H19BrFN7O3S.C21H20FN7O3S/c1-27-21-14(7-11-10-30-23(29-3)32-20(11)31-21)13-5-4-6-16(19(13)26)33-37(35,36)17-9-12(24)8-15(18(17)25)22(34)28-2;1-24-19-14(7-11-9-27-21(25-2)29-18(11)28-19)13-5-4-6-15(17(13)23)30-34(31,32)16-8-12(22)10-26-20(16)33-3;1-23-19-14(10-12-11-26-21(24-2)28-18(12)27-19)13-6-4-7-15(17(13)22)29-33(30,31)20-16(32-3)8-5-9-25-20/h4-10,33H,1-3H3,(H,28,34)(H2,27,29,30,31,32);4-10,30H,1-3H3,(H2,24,25,27,28,29);4-11,29H,1-3H3,(H2,23,24,26,27,28). The molecule has 538 valence electrons. The molecule has 0 atom stereocenters. The van der Waals surface area contributed by atoms with Crippen LogP contribution in [0.1, 0.15) is 10.4 Å². The second-order valence-corrected chi connectivity index (χ2v) is 27.9. The second kappa shape index (κ2) is 31.9. The first-order valence-electron chi connectivity index (χ1n) is 30.2. The summed E-state index contributed by atoms with van der Waals surface area (Å²) in [5, 5.41) is 20.6. The van der Waals surface area contributed by atoms with Gasteiger partial charge in [0.05, 0.1) is 41.9 Å². The molecule has 0 unspecified atom stereocenters. The number of rotatable bonds is 21. The normalized spacial score (nSPS) is 11.3. The quantitative estimate of drug-likeness (QED) is 0.0319. The molecule has 12 aromatic rings. The molecule has 0 bridgehead atoms. The van der Waals surface area contributed by atoms with Crippen LogP contribution in [0.2, 0.25) is 10.0 Å². The molecule has 1 amide bonds. The molecule has 0 fully saturated rings. The lowest BCUT2D eigenvalue weighted by atomic mass is 10.0. The van der Waals surface area contributed by atoms with Crippen LogP contribution in [0.4, 0.5) is 65.5 Å². The summed E-state index contributed by atoms with van der Waals surface area (Å²) in [6, 6.07) is 24.6. The number of fused-ring (bicyclic) bond motifs is 3. The van der Waals surface area contributed by atoms with Gasteiger partial charge in [-0.25, -0.2) is 69.9 Å². The lowest BCUT2D eigenvalue weighted by Gasteiger charge is -2.15. The smallest absolute Gasteiger partial charge is 0.283 e. The van der Waals surface area contributed by atoms with Crippen molar-refractivity contribution in [2.24, 2.45) is 0 Å². The van der Waals surface area contributed by atoms with Gasteiger partial charge in [0.1, 0.15) is 22.3 Å². The Morgan fingerprint density at radius 1 is 0.452 bits per heavy atom. The number of amides is 1. The largest absolute Gasteiger partial charge is 0.494 e. The first kappa shape index (κ1) is 75.3. The number of ether oxygens (including phenoxy) is 2. The topological polar surface area (TPSA) is 400 Å². The molecule has 104 heavy (non-hydrogen) atoms. The van der Waals surface area contributed by atoms with Gasteiger partial charge in [0, 0.05) is 139 Å². The first-order valence-corrected chi connectivity index (χ1v) is 36.2. The number of methoxy groups -OCH3 is 2. The van der Waals surface area contributed by atoms with Crippen LogP contribution < -0.4 is 60.9 Å². The van der Waals surface area contributed by atoms with E-state index in [-0.39, 0.29) is 70.9 Å². The average molecular weight is 1580 g/mol. The van der Waals surface area contributed by atoms with E-state index in [9.17, 15) is 30.0 Å². The molecule has 0 saturated heterocycles. The molecule has 8 heterocycles. The molecular weight excluding hydrogens is 1520 g/mol. The number of benzene rings is 4. The Hall–Kier alpha value is -11.4. The summed E-state index contributed by atoms with van der Waals surface area (Å²) in [4.78, 5) is 58.0. The number of nitrogens with one attached hydrogen (secondary N) is 10. The van der Waals surface area contributed by atoms with Crippen molar-refractivity contribution in [3.05, 3.63) is 172 Å². The van der Waals surface area contributed by atoms with Crippen LogP contribution in [0, 0.1) is 17.5 Å². The fraction of sp³-hybridized carbons (Fsp3) is 0.138. The van der Waals surface area contributed by atoms with Crippen molar-refractivity contribution < 1.29 is 52.7 Å². The SMILES string of the molecule is CNC(=O)c1cc(Cl)cc(S(=O)(=O)Nc2cccc(-c3cc4cnc(NC)nc4nc3NC)c2F)c1Cl.CNc1ncc2cc(-c3cccc(NS(=O)(=O)c4cc(Br)cnc4OC)c3F)c(NC)nc2n1.CNc1ncc2cc(-c3cccc(NS(=O)(=O)c4ncccc4OC)c3F)c(NC)nc2n1. The molecule has 10 N–H and O–H groups in total. The molecule has 0 aliphatic carbocycles. The number of aromatic nitrogens is 11. The molecule has 12 rings (SSSR count). The number of pyridine rings is 5. The highest BCUT2D eigenvalue weighted by atomic mass is 79.9. The molecule has 0 spiro atoms. The lowest BCUT2D eigenvalue weighted by molar-refractivity contribution is 0.0963. The number of nitrogens with zero attached hydrogens (tertiary/aromatic N) is 11. The van der Waals surface area contributed by atoms with E-state index in [2.05, 4.69) is 122 Å². The van der Waals surface area contributed by atoms with E-state index in [1.165, 1.54) is 113 Å². The minimum Gasteiger partial charge on any atom is -0.494 e. The molecule has 8 aromatic heterocycles. The summed E-state index contributed by atoms with van der Waals surface area (Å²) in [5.41, 5.74) is 1.76. The van der Waals surface area contributed by atoms with E-state index in [0.29, 0.717) is 89.6 Å². The maximum Gasteiger partial charge on any atom is 0.283 e. The Morgan fingerprint density at radius 2 is 0.865 bits per heavy atom. The Kier molecular flexibility index (Phi) is 23.1. The number of halogens is 6. The van der Waals surface area contributed by atoms with Crippen LogP contribution >= 0.6 is 39.1 Å². The average Bonchev–Trinajstić information content (AvgIpc) is 0.785. The Balaban J connectivity index is 0.000000168. The number of carbonyl (C=O) groups excluding carboxylic acids is 1. The van der Waals surface area contributed by atoms with Gasteiger partial charge >= 0.3 is 0 Å². The summed E-state index contributed by atoms with van der Waals surface area (Å²) in [5.74, 6) is -0.905. The van der Waals surface area contributed by atoms with Gasteiger partial charge in [0.15, 0.2) is 45.0 Å². The van der Waals surface area contributed by atoms with E-state index in [1.54, 1.807) is 79.1 Å². The van der Waals surface area contributed by atoms with Crippen LogP contribution in [0.5, 0.6) is 11.6 Å². The van der Waals surface area contributed by atoms with E-state index < -0.39 is 58.3 Å². The van der Waals surface area contributed by atoms with Gasteiger partial charge in [-0.2, -0.15) is 23.4 Å². The summed E-state index contributed by atoms with van der Waals surface area (Å²) >= 11 is 15.5. The molecule has 0 radical (unpaired) electrons. The van der Waals surface area contributed by atoms with Gasteiger partial charge in [0.2, 0.25) is 28.8 Å². The van der Waals surface area contributed by atoms with Crippen LogP contribution in [-0.2, 0) is 30.1 Å². The van der Waals surface area contributed by atoms with Crippen molar-refractivity contribution in [1.82, 2.24) is 60.1 Å². The predicted molar refractivity (Wildman–Crippen MR) is 397 cm³/mol. The molecular formula is C65H59BrCl2F3N21O9S3. The van der Waals surface area contributed by atoms with E-state index >= 15 is 13.2 Å². The van der Waals surface area contributed by atoms with E-state index in [1.807, 2.05) is 0 Å². The van der Waals surface area contributed by atoms with Gasteiger partial charge < -0.3 is 46.7 Å². The summed E-state index contributed by atoms with van der Waals surface area (Å²) < 4.78 is 142. The fourth-order valence-electron chi connectivity index (χ4n) is 10.0. The zero-order valence-corrected chi connectivity index (χ0v) is 61.3. The number of hydrogen-bond donors (Lipinski definition) is 10. The highest BCUT2D eigenvalue weighted by molar-refractivity contribution is 9.10. The summed E-state index contributed by atoms with van der Waals surface area (Å²) in [6.07, 6.45) is 7.39. The third kappa shape index (κ3) is 16.1. The zero-order chi connectivity index (χ0) is 74.9. The molecule has 39 heteroatoms. The minimum atomic E-state index is -4.45. The second-order valence-electron chi connectivity index (χ2n) is 21.3. The maximum atomic E-state index is 15.7.